The molecular formula is C19H22N4O3S. The molecule has 0 aliphatic heterocycles. The average Bonchev–Trinajstić information content (AvgIpc) is 3.23. The van der Waals surface area contributed by atoms with Gasteiger partial charge < -0.3 is 14.3 Å². The van der Waals surface area contributed by atoms with Crippen molar-refractivity contribution in [2.75, 3.05) is 11.1 Å². The minimum atomic E-state index is -0.145. The van der Waals surface area contributed by atoms with Crippen molar-refractivity contribution >= 4 is 23.5 Å². The summed E-state index contributed by atoms with van der Waals surface area (Å²) in [6.07, 6.45) is 0.300. The van der Waals surface area contributed by atoms with Gasteiger partial charge in [0.2, 0.25) is 11.8 Å². The van der Waals surface area contributed by atoms with Crippen LogP contribution in [0.15, 0.2) is 44.5 Å². The molecule has 2 heterocycles. The Morgan fingerprint density at radius 2 is 1.93 bits per heavy atom. The van der Waals surface area contributed by atoms with E-state index < -0.39 is 0 Å². The molecule has 1 N–H and O–H groups in total. The second-order valence-electron chi connectivity index (χ2n) is 7.17. The first-order valence-corrected chi connectivity index (χ1v) is 9.60. The van der Waals surface area contributed by atoms with Gasteiger partial charge in [0.1, 0.15) is 5.76 Å². The molecule has 2 aromatic heterocycles. The smallest absolute Gasteiger partial charge is 0.276 e. The van der Waals surface area contributed by atoms with Crippen molar-refractivity contribution in [3.05, 3.63) is 41.7 Å². The Bertz CT molecular complexity index is 910. The Balaban J connectivity index is 1.51. The largest absolute Gasteiger partial charge is 0.411 e. The van der Waals surface area contributed by atoms with Crippen molar-refractivity contribution in [2.24, 2.45) is 0 Å². The lowest BCUT2D eigenvalue weighted by Crippen LogP contribution is -2.12. The third-order valence-electron chi connectivity index (χ3n) is 3.85. The number of nitrogens with zero attached hydrogens (tertiary/aromatic N) is 3. The summed E-state index contributed by atoms with van der Waals surface area (Å²) in [5.41, 5.74) is 2.22. The predicted molar refractivity (Wildman–Crippen MR) is 104 cm³/mol. The maximum absolute atomic E-state index is 11.9. The fraction of sp³-hybridized carbons (Fsp3) is 0.368. The van der Waals surface area contributed by atoms with E-state index in [0.29, 0.717) is 34.9 Å². The molecule has 7 nitrogen and oxygen atoms in total. The Morgan fingerprint density at radius 3 is 2.56 bits per heavy atom. The molecule has 3 aromatic rings. The number of aryl methyl sites for hydroxylation is 1. The zero-order valence-corrected chi connectivity index (χ0v) is 16.6. The first-order chi connectivity index (χ1) is 12.8. The number of benzene rings is 1. The minimum Gasteiger partial charge on any atom is -0.411 e. The van der Waals surface area contributed by atoms with Gasteiger partial charge in [-0.05, 0) is 30.0 Å². The molecule has 0 radical (unpaired) electrons. The van der Waals surface area contributed by atoms with E-state index in [9.17, 15) is 4.79 Å². The topological polar surface area (TPSA) is 94.1 Å². The minimum absolute atomic E-state index is 0.0969. The van der Waals surface area contributed by atoms with Gasteiger partial charge in [-0.25, -0.2) is 0 Å². The fourth-order valence-electron chi connectivity index (χ4n) is 2.36. The number of rotatable bonds is 6. The van der Waals surface area contributed by atoms with E-state index in [-0.39, 0.29) is 11.3 Å². The van der Waals surface area contributed by atoms with Gasteiger partial charge in [0.15, 0.2) is 5.82 Å². The summed E-state index contributed by atoms with van der Waals surface area (Å²) >= 11 is 1.34. The summed E-state index contributed by atoms with van der Waals surface area (Å²) in [4.78, 5) is 11.9. The van der Waals surface area contributed by atoms with E-state index in [0.717, 1.165) is 5.56 Å². The van der Waals surface area contributed by atoms with Crippen LogP contribution in [0.3, 0.4) is 0 Å². The normalized spacial score (nSPS) is 11.6. The lowest BCUT2D eigenvalue weighted by Gasteiger charge is -2.18. The number of nitrogens with one attached hydrogen (secondary N) is 1. The van der Waals surface area contributed by atoms with Crippen molar-refractivity contribution in [1.29, 1.82) is 0 Å². The van der Waals surface area contributed by atoms with Crippen molar-refractivity contribution in [3.63, 3.8) is 0 Å². The van der Waals surface area contributed by atoms with Gasteiger partial charge in [0, 0.05) is 23.8 Å². The van der Waals surface area contributed by atoms with Gasteiger partial charge in [0.05, 0.1) is 0 Å². The maximum atomic E-state index is 11.9. The van der Waals surface area contributed by atoms with Crippen molar-refractivity contribution in [2.45, 2.75) is 44.8 Å². The molecule has 0 aliphatic carbocycles. The Kier molecular flexibility index (Phi) is 5.65. The number of carbonyl (C=O) groups is 1. The van der Waals surface area contributed by atoms with Gasteiger partial charge in [-0.1, -0.05) is 49.8 Å². The summed E-state index contributed by atoms with van der Waals surface area (Å²) < 4.78 is 10.6. The van der Waals surface area contributed by atoms with Gasteiger partial charge in [-0.3, -0.25) is 4.79 Å². The van der Waals surface area contributed by atoms with Crippen LogP contribution in [-0.4, -0.2) is 27.0 Å². The Morgan fingerprint density at radius 1 is 1.19 bits per heavy atom. The SMILES string of the molecule is Cc1cc(NC(=O)CCSc2nnc(-c3ccc(C(C)(C)C)cc3)o2)no1. The highest BCUT2D eigenvalue weighted by molar-refractivity contribution is 7.99. The number of anilines is 1. The van der Waals surface area contributed by atoms with Crippen LogP contribution in [0.4, 0.5) is 5.82 Å². The standard InChI is InChI=1S/C19H22N4O3S/c1-12-11-15(23-26-12)20-16(24)9-10-27-18-22-21-17(25-18)13-5-7-14(8-6-13)19(2,3)4/h5-8,11H,9-10H2,1-4H3,(H,20,23,24). The van der Waals surface area contributed by atoms with E-state index in [4.69, 9.17) is 8.94 Å². The number of hydrogen-bond acceptors (Lipinski definition) is 7. The average molecular weight is 386 g/mol. The molecule has 0 spiro atoms. The van der Waals surface area contributed by atoms with Crippen molar-refractivity contribution in [1.82, 2.24) is 15.4 Å². The first-order valence-electron chi connectivity index (χ1n) is 8.61. The first kappa shape index (κ1) is 19.2. The van der Waals surface area contributed by atoms with Gasteiger partial charge in [-0.15, -0.1) is 10.2 Å². The van der Waals surface area contributed by atoms with E-state index >= 15 is 0 Å². The van der Waals surface area contributed by atoms with E-state index in [2.05, 4.69) is 53.6 Å². The predicted octanol–water partition coefficient (Wildman–Crippen LogP) is 4.45. The highest BCUT2D eigenvalue weighted by atomic mass is 32.2. The Hall–Kier alpha value is -2.61. The molecule has 0 unspecified atom stereocenters. The number of thioether (sulfide) groups is 1. The highest BCUT2D eigenvalue weighted by Gasteiger charge is 2.15. The molecule has 1 amide bonds. The molecular weight excluding hydrogens is 364 g/mol. The van der Waals surface area contributed by atoms with Gasteiger partial charge in [0.25, 0.3) is 5.22 Å². The van der Waals surface area contributed by atoms with Crippen LogP contribution < -0.4 is 5.32 Å². The molecule has 0 saturated carbocycles. The van der Waals surface area contributed by atoms with Crippen molar-refractivity contribution < 1.29 is 13.7 Å². The van der Waals surface area contributed by atoms with E-state index in [1.165, 1.54) is 17.3 Å². The number of aromatic nitrogens is 3. The molecule has 27 heavy (non-hydrogen) atoms. The zero-order valence-electron chi connectivity index (χ0n) is 15.8. The molecule has 1 aromatic carbocycles. The summed E-state index contributed by atoms with van der Waals surface area (Å²) in [5.74, 6) is 1.91. The fourth-order valence-corrected chi connectivity index (χ4v) is 3.06. The van der Waals surface area contributed by atoms with Crippen molar-refractivity contribution in [3.8, 4) is 11.5 Å². The number of amides is 1. The monoisotopic (exact) mass is 386 g/mol. The maximum Gasteiger partial charge on any atom is 0.276 e. The number of carbonyl (C=O) groups excluding carboxylic acids is 1. The third-order valence-corrected chi connectivity index (χ3v) is 4.67. The molecule has 142 valence electrons. The highest BCUT2D eigenvalue weighted by Crippen LogP contribution is 2.27. The molecule has 0 atom stereocenters. The van der Waals surface area contributed by atoms with E-state index in [1.807, 2.05) is 12.1 Å². The van der Waals surface area contributed by atoms with Crippen LogP contribution in [-0.2, 0) is 10.2 Å². The molecule has 3 rings (SSSR count). The summed E-state index contributed by atoms with van der Waals surface area (Å²) in [7, 11) is 0. The second kappa shape index (κ2) is 7.96. The second-order valence-corrected chi connectivity index (χ2v) is 8.22. The van der Waals surface area contributed by atoms with Crippen LogP contribution in [0.1, 0.15) is 38.5 Å². The summed E-state index contributed by atoms with van der Waals surface area (Å²) in [6.45, 7) is 8.28. The van der Waals surface area contributed by atoms with Crippen LogP contribution in [0.5, 0.6) is 0 Å². The van der Waals surface area contributed by atoms with Gasteiger partial charge >= 0.3 is 0 Å². The molecule has 0 saturated heterocycles. The lowest BCUT2D eigenvalue weighted by atomic mass is 9.87. The number of hydrogen-bond donors (Lipinski definition) is 1. The lowest BCUT2D eigenvalue weighted by molar-refractivity contribution is -0.115. The quantitative estimate of drug-likeness (QED) is 0.625. The molecule has 0 bridgehead atoms. The van der Waals surface area contributed by atoms with Crippen LogP contribution in [0.2, 0.25) is 0 Å². The van der Waals surface area contributed by atoms with E-state index in [1.54, 1.807) is 13.0 Å². The summed E-state index contributed by atoms with van der Waals surface area (Å²) in [6, 6.07) is 9.77. The van der Waals surface area contributed by atoms with Crippen LogP contribution in [0, 0.1) is 6.92 Å². The van der Waals surface area contributed by atoms with Crippen LogP contribution >= 0.6 is 11.8 Å². The molecule has 8 heteroatoms. The summed E-state index contributed by atoms with van der Waals surface area (Å²) in [5, 5.41) is 15.0. The van der Waals surface area contributed by atoms with Crippen LogP contribution in [0.25, 0.3) is 11.5 Å². The zero-order chi connectivity index (χ0) is 19.4. The van der Waals surface area contributed by atoms with Gasteiger partial charge in [-0.2, -0.15) is 0 Å². The molecule has 0 fully saturated rings. The third kappa shape index (κ3) is 5.19. The Labute approximate surface area is 161 Å². The molecule has 0 aliphatic rings.